The fourth-order valence-corrected chi connectivity index (χ4v) is 3.32. The van der Waals surface area contributed by atoms with E-state index < -0.39 is 5.54 Å². The molecule has 0 aromatic rings. The normalized spacial score (nSPS) is 25.4. The van der Waals surface area contributed by atoms with E-state index in [2.05, 4.69) is 6.07 Å². The summed E-state index contributed by atoms with van der Waals surface area (Å²) in [6, 6.07) is 2.44. The number of nitrogens with two attached hydrogens (primary N) is 1. The Balaban J connectivity index is 2.11. The molecule has 0 aromatic heterocycles. The van der Waals surface area contributed by atoms with Crippen molar-refractivity contribution in [1.82, 2.24) is 0 Å². The Morgan fingerprint density at radius 1 is 0.929 bits per heavy atom. The van der Waals surface area contributed by atoms with Gasteiger partial charge in [0.05, 0.1) is 6.07 Å². The van der Waals surface area contributed by atoms with Crippen molar-refractivity contribution in [2.75, 3.05) is 0 Å². The summed E-state index contributed by atoms with van der Waals surface area (Å²) in [5.74, 6) is 0.964. The van der Waals surface area contributed by atoms with Gasteiger partial charge in [0.15, 0.2) is 0 Å². The molecular formula is C12H20N2. The molecule has 0 amide bonds. The lowest BCUT2D eigenvalue weighted by molar-refractivity contribution is 0.240. The molecule has 0 aromatic carbocycles. The van der Waals surface area contributed by atoms with Gasteiger partial charge in [0.2, 0.25) is 0 Å². The summed E-state index contributed by atoms with van der Waals surface area (Å²) >= 11 is 0. The van der Waals surface area contributed by atoms with Crippen LogP contribution in [0.25, 0.3) is 0 Å². The summed E-state index contributed by atoms with van der Waals surface area (Å²) in [7, 11) is 0. The van der Waals surface area contributed by atoms with Gasteiger partial charge in [0.25, 0.3) is 0 Å². The first-order valence-corrected chi connectivity index (χ1v) is 5.97. The predicted octanol–water partition coefficient (Wildman–Crippen LogP) is 2.59. The van der Waals surface area contributed by atoms with Crippen LogP contribution in [0.1, 0.15) is 51.4 Å². The van der Waals surface area contributed by atoms with Gasteiger partial charge >= 0.3 is 0 Å². The van der Waals surface area contributed by atoms with Gasteiger partial charge in [-0.05, 0) is 37.5 Å². The summed E-state index contributed by atoms with van der Waals surface area (Å²) < 4.78 is 0. The molecule has 2 nitrogen and oxygen atoms in total. The zero-order chi connectivity index (χ0) is 10.0. The van der Waals surface area contributed by atoms with Gasteiger partial charge in [-0.3, -0.25) is 0 Å². The van der Waals surface area contributed by atoms with Crippen molar-refractivity contribution in [1.29, 1.82) is 5.26 Å². The van der Waals surface area contributed by atoms with Crippen molar-refractivity contribution in [2.24, 2.45) is 17.6 Å². The molecule has 2 saturated carbocycles. The van der Waals surface area contributed by atoms with Gasteiger partial charge in [-0.2, -0.15) is 5.26 Å². The van der Waals surface area contributed by atoms with Crippen molar-refractivity contribution >= 4 is 0 Å². The molecule has 2 aliphatic carbocycles. The van der Waals surface area contributed by atoms with Crippen LogP contribution in [0, 0.1) is 23.2 Å². The summed E-state index contributed by atoms with van der Waals surface area (Å²) in [6.07, 6.45) is 9.83. The summed E-state index contributed by atoms with van der Waals surface area (Å²) in [6.45, 7) is 0. The van der Waals surface area contributed by atoms with Crippen molar-refractivity contribution < 1.29 is 0 Å². The standard InChI is InChI=1S/C12H20N2/c13-9-12(14,10-5-1-2-6-10)11-7-3-4-8-11/h10-11H,1-8,14H2. The van der Waals surface area contributed by atoms with E-state index in [4.69, 9.17) is 5.73 Å². The Morgan fingerprint density at radius 3 is 1.57 bits per heavy atom. The van der Waals surface area contributed by atoms with Gasteiger partial charge in [-0.15, -0.1) is 0 Å². The second kappa shape index (κ2) is 3.90. The van der Waals surface area contributed by atoms with Crippen molar-refractivity contribution in [2.45, 2.75) is 56.9 Å². The lowest BCUT2D eigenvalue weighted by atomic mass is 9.74. The van der Waals surface area contributed by atoms with E-state index in [1.807, 2.05) is 0 Å². The van der Waals surface area contributed by atoms with Crippen LogP contribution in [0.5, 0.6) is 0 Å². The average molecular weight is 192 g/mol. The number of hydrogen-bond acceptors (Lipinski definition) is 2. The number of hydrogen-bond donors (Lipinski definition) is 1. The van der Waals surface area contributed by atoms with E-state index in [0.717, 1.165) is 0 Å². The molecule has 2 rings (SSSR count). The Labute approximate surface area is 86.5 Å². The summed E-state index contributed by atoms with van der Waals surface area (Å²) in [4.78, 5) is 0. The summed E-state index contributed by atoms with van der Waals surface area (Å²) in [5.41, 5.74) is 5.85. The van der Waals surface area contributed by atoms with Crippen LogP contribution in [-0.2, 0) is 0 Å². The van der Waals surface area contributed by atoms with Gasteiger partial charge in [-0.1, -0.05) is 25.7 Å². The third-order valence-electron chi connectivity index (χ3n) is 4.26. The molecule has 2 N–H and O–H groups in total. The minimum Gasteiger partial charge on any atom is -0.313 e. The van der Waals surface area contributed by atoms with E-state index in [0.29, 0.717) is 11.8 Å². The van der Waals surface area contributed by atoms with E-state index in [-0.39, 0.29) is 0 Å². The molecule has 78 valence electrons. The van der Waals surface area contributed by atoms with Crippen LogP contribution in [0.15, 0.2) is 0 Å². The topological polar surface area (TPSA) is 49.8 Å². The maximum absolute atomic E-state index is 9.33. The van der Waals surface area contributed by atoms with Crippen LogP contribution < -0.4 is 5.73 Å². The molecule has 2 aliphatic rings. The number of rotatable bonds is 2. The molecule has 0 spiro atoms. The van der Waals surface area contributed by atoms with E-state index in [9.17, 15) is 5.26 Å². The average Bonchev–Trinajstić information content (AvgIpc) is 2.88. The first-order chi connectivity index (χ1) is 6.77. The van der Waals surface area contributed by atoms with Crippen LogP contribution in [0.4, 0.5) is 0 Å². The Kier molecular flexibility index (Phi) is 2.78. The zero-order valence-electron chi connectivity index (χ0n) is 8.84. The second-order valence-electron chi connectivity index (χ2n) is 5.01. The highest BCUT2D eigenvalue weighted by molar-refractivity contribution is 5.14. The second-order valence-corrected chi connectivity index (χ2v) is 5.01. The maximum atomic E-state index is 9.33. The van der Waals surface area contributed by atoms with Crippen LogP contribution >= 0.6 is 0 Å². The predicted molar refractivity (Wildman–Crippen MR) is 56.4 cm³/mol. The highest BCUT2D eigenvalue weighted by Gasteiger charge is 2.44. The molecule has 0 atom stereocenters. The maximum Gasteiger partial charge on any atom is 0.109 e. The van der Waals surface area contributed by atoms with Crippen molar-refractivity contribution in [3.63, 3.8) is 0 Å². The quantitative estimate of drug-likeness (QED) is 0.731. The minimum atomic E-state index is -0.493. The molecule has 0 radical (unpaired) electrons. The van der Waals surface area contributed by atoms with Crippen LogP contribution in [0.2, 0.25) is 0 Å². The number of nitriles is 1. The van der Waals surface area contributed by atoms with Crippen molar-refractivity contribution in [3.05, 3.63) is 0 Å². The highest BCUT2D eigenvalue weighted by atomic mass is 14.8. The van der Waals surface area contributed by atoms with E-state index in [1.165, 1.54) is 51.4 Å². The molecular weight excluding hydrogens is 172 g/mol. The highest BCUT2D eigenvalue weighted by Crippen LogP contribution is 2.42. The first-order valence-electron chi connectivity index (χ1n) is 5.97. The molecule has 0 bridgehead atoms. The molecule has 0 unspecified atom stereocenters. The zero-order valence-corrected chi connectivity index (χ0v) is 8.84. The number of nitrogens with zero attached hydrogens (tertiary/aromatic N) is 1. The fraction of sp³-hybridized carbons (Fsp3) is 0.917. The van der Waals surface area contributed by atoms with Gasteiger partial charge in [0.1, 0.15) is 5.54 Å². The first kappa shape index (κ1) is 9.98. The Hall–Kier alpha value is -0.550. The fourth-order valence-electron chi connectivity index (χ4n) is 3.32. The monoisotopic (exact) mass is 192 g/mol. The van der Waals surface area contributed by atoms with Gasteiger partial charge in [-0.25, -0.2) is 0 Å². The third kappa shape index (κ3) is 1.54. The van der Waals surface area contributed by atoms with E-state index in [1.54, 1.807) is 0 Å². The van der Waals surface area contributed by atoms with Crippen LogP contribution in [-0.4, -0.2) is 5.54 Å². The molecule has 0 aliphatic heterocycles. The molecule has 0 heterocycles. The molecule has 0 saturated heterocycles. The van der Waals surface area contributed by atoms with Crippen molar-refractivity contribution in [3.8, 4) is 6.07 Å². The van der Waals surface area contributed by atoms with Gasteiger partial charge in [0, 0.05) is 0 Å². The SMILES string of the molecule is N#CC(N)(C1CCCC1)C1CCCC1. The molecule has 14 heavy (non-hydrogen) atoms. The summed E-state index contributed by atoms with van der Waals surface area (Å²) in [5, 5.41) is 9.33. The van der Waals surface area contributed by atoms with E-state index >= 15 is 0 Å². The molecule has 2 heteroatoms. The van der Waals surface area contributed by atoms with Gasteiger partial charge < -0.3 is 5.73 Å². The largest absolute Gasteiger partial charge is 0.313 e. The Bertz CT molecular complexity index is 213. The third-order valence-corrected chi connectivity index (χ3v) is 4.26. The lowest BCUT2D eigenvalue weighted by Crippen LogP contribution is -2.50. The smallest absolute Gasteiger partial charge is 0.109 e. The van der Waals surface area contributed by atoms with Crippen LogP contribution in [0.3, 0.4) is 0 Å². The molecule has 2 fully saturated rings. The minimum absolute atomic E-state index is 0.482. The Morgan fingerprint density at radius 2 is 1.29 bits per heavy atom. The lowest BCUT2D eigenvalue weighted by Gasteiger charge is -2.34.